The minimum Gasteiger partial charge on any atom is -0.298 e. The van der Waals surface area contributed by atoms with Gasteiger partial charge in [0.2, 0.25) is 0 Å². The van der Waals surface area contributed by atoms with Crippen molar-refractivity contribution >= 4 is 42.8 Å². The van der Waals surface area contributed by atoms with Gasteiger partial charge in [-0.1, -0.05) is 45.2 Å². The van der Waals surface area contributed by atoms with Crippen molar-refractivity contribution in [2.24, 2.45) is 5.92 Å². The van der Waals surface area contributed by atoms with E-state index in [4.69, 9.17) is 0 Å². The van der Waals surface area contributed by atoms with Gasteiger partial charge in [-0.05, 0) is 30.5 Å². The lowest BCUT2D eigenvalue weighted by atomic mass is 10.1. The third-order valence-corrected chi connectivity index (χ3v) is 4.57. The standard InChI is InChI=1S/C14H16Br2N2O/c1-2-3-10(7-15)8-18-9-17-13-5-4-11(16)6-12(13)14(18)19/h4-6,9-10H,2-3,7-8H2,1H3. The van der Waals surface area contributed by atoms with Crippen molar-refractivity contribution < 1.29 is 0 Å². The zero-order valence-electron chi connectivity index (χ0n) is 10.8. The third kappa shape index (κ3) is 3.45. The van der Waals surface area contributed by atoms with Crippen LogP contribution in [0.15, 0.2) is 33.8 Å². The Labute approximate surface area is 129 Å². The predicted molar refractivity (Wildman–Crippen MR) is 85.9 cm³/mol. The van der Waals surface area contributed by atoms with E-state index in [1.165, 1.54) is 0 Å². The highest BCUT2D eigenvalue weighted by atomic mass is 79.9. The van der Waals surface area contributed by atoms with Crippen LogP contribution < -0.4 is 5.56 Å². The van der Waals surface area contributed by atoms with Gasteiger partial charge in [-0.15, -0.1) is 0 Å². The molecule has 3 nitrogen and oxygen atoms in total. The van der Waals surface area contributed by atoms with Gasteiger partial charge < -0.3 is 0 Å². The number of benzene rings is 1. The average Bonchev–Trinajstić information content (AvgIpc) is 2.41. The van der Waals surface area contributed by atoms with Crippen molar-refractivity contribution in [2.45, 2.75) is 26.3 Å². The van der Waals surface area contributed by atoms with Crippen LogP contribution in [0.3, 0.4) is 0 Å². The average molecular weight is 388 g/mol. The van der Waals surface area contributed by atoms with Crippen molar-refractivity contribution in [3.63, 3.8) is 0 Å². The van der Waals surface area contributed by atoms with Gasteiger partial charge in [0, 0.05) is 16.3 Å². The highest BCUT2D eigenvalue weighted by Gasteiger charge is 2.10. The molecule has 0 aliphatic heterocycles. The Kier molecular flexibility index (Phi) is 5.16. The van der Waals surface area contributed by atoms with Crippen molar-refractivity contribution in [3.8, 4) is 0 Å². The Morgan fingerprint density at radius 2 is 2.21 bits per heavy atom. The number of rotatable bonds is 5. The van der Waals surface area contributed by atoms with E-state index >= 15 is 0 Å². The number of halogens is 2. The molecule has 1 atom stereocenters. The fourth-order valence-corrected chi connectivity index (χ4v) is 3.05. The molecule has 102 valence electrons. The molecule has 0 radical (unpaired) electrons. The van der Waals surface area contributed by atoms with E-state index in [2.05, 4.69) is 43.8 Å². The molecule has 0 amide bonds. The molecule has 2 rings (SSSR count). The summed E-state index contributed by atoms with van der Waals surface area (Å²) in [6.07, 6.45) is 3.88. The van der Waals surface area contributed by atoms with Crippen molar-refractivity contribution in [2.75, 3.05) is 5.33 Å². The first-order valence-electron chi connectivity index (χ1n) is 6.36. The molecule has 2 aromatic rings. The first-order valence-corrected chi connectivity index (χ1v) is 8.27. The maximum Gasteiger partial charge on any atom is 0.261 e. The molecular formula is C14H16Br2N2O. The van der Waals surface area contributed by atoms with Crippen molar-refractivity contribution in [1.82, 2.24) is 9.55 Å². The lowest BCUT2D eigenvalue weighted by Crippen LogP contribution is -2.25. The maximum atomic E-state index is 12.4. The summed E-state index contributed by atoms with van der Waals surface area (Å²) in [6.45, 7) is 2.88. The van der Waals surface area contributed by atoms with E-state index < -0.39 is 0 Å². The van der Waals surface area contributed by atoms with E-state index in [-0.39, 0.29) is 5.56 Å². The molecule has 1 unspecified atom stereocenters. The van der Waals surface area contributed by atoms with E-state index in [9.17, 15) is 4.79 Å². The minimum absolute atomic E-state index is 0.0355. The van der Waals surface area contributed by atoms with Gasteiger partial charge >= 0.3 is 0 Å². The van der Waals surface area contributed by atoms with E-state index in [0.29, 0.717) is 17.8 Å². The molecule has 19 heavy (non-hydrogen) atoms. The third-order valence-electron chi connectivity index (χ3n) is 3.16. The van der Waals surface area contributed by atoms with Crippen LogP contribution in [0.2, 0.25) is 0 Å². The first-order chi connectivity index (χ1) is 9.15. The summed E-state index contributed by atoms with van der Waals surface area (Å²) in [4.78, 5) is 16.8. The molecule has 0 spiro atoms. The number of hydrogen-bond acceptors (Lipinski definition) is 2. The molecular weight excluding hydrogens is 372 g/mol. The van der Waals surface area contributed by atoms with Gasteiger partial charge in [-0.3, -0.25) is 9.36 Å². The van der Waals surface area contributed by atoms with Crippen LogP contribution in [-0.4, -0.2) is 14.9 Å². The second-order valence-corrected chi connectivity index (χ2v) is 6.24. The Bertz CT molecular complexity index is 624. The molecule has 0 N–H and O–H groups in total. The van der Waals surface area contributed by atoms with Gasteiger partial charge in [-0.2, -0.15) is 0 Å². The van der Waals surface area contributed by atoms with Gasteiger partial charge in [0.05, 0.1) is 17.2 Å². The molecule has 0 aliphatic carbocycles. The zero-order chi connectivity index (χ0) is 13.8. The predicted octanol–water partition coefficient (Wildman–Crippen LogP) is 3.97. The van der Waals surface area contributed by atoms with E-state index in [1.807, 2.05) is 18.2 Å². The van der Waals surface area contributed by atoms with Gasteiger partial charge in [0.1, 0.15) is 0 Å². The molecule has 0 bridgehead atoms. The van der Waals surface area contributed by atoms with Gasteiger partial charge in [-0.25, -0.2) is 4.98 Å². The van der Waals surface area contributed by atoms with E-state index in [1.54, 1.807) is 10.9 Å². The summed E-state index contributed by atoms with van der Waals surface area (Å²) in [6, 6.07) is 5.60. The lowest BCUT2D eigenvalue weighted by Gasteiger charge is -2.14. The fraction of sp³-hybridized carbons (Fsp3) is 0.429. The van der Waals surface area contributed by atoms with Crippen molar-refractivity contribution in [3.05, 3.63) is 39.4 Å². The van der Waals surface area contributed by atoms with Crippen LogP contribution in [0, 0.1) is 5.92 Å². The van der Waals surface area contributed by atoms with Crippen LogP contribution >= 0.6 is 31.9 Å². The molecule has 1 aromatic heterocycles. The molecule has 0 fully saturated rings. The molecule has 0 aliphatic rings. The molecule has 1 heterocycles. The minimum atomic E-state index is 0.0355. The largest absolute Gasteiger partial charge is 0.298 e. The van der Waals surface area contributed by atoms with Crippen LogP contribution in [-0.2, 0) is 6.54 Å². The summed E-state index contributed by atoms with van der Waals surface area (Å²) in [7, 11) is 0. The van der Waals surface area contributed by atoms with Crippen LogP contribution in [0.1, 0.15) is 19.8 Å². The summed E-state index contributed by atoms with van der Waals surface area (Å²) in [5, 5.41) is 1.57. The lowest BCUT2D eigenvalue weighted by molar-refractivity contribution is 0.446. The SMILES string of the molecule is CCCC(CBr)Cn1cnc2ccc(Br)cc2c1=O. The Morgan fingerprint density at radius 1 is 1.42 bits per heavy atom. The normalized spacial score (nSPS) is 12.8. The van der Waals surface area contributed by atoms with Crippen LogP contribution in [0.25, 0.3) is 10.9 Å². The summed E-state index contributed by atoms with van der Waals surface area (Å²) in [5.41, 5.74) is 0.781. The molecule has 0 saturated heterocycles. The topological polar surface area (TPSA) is 34.9 Å². The van der Waals surface area contributed by atoms with E-state index in [0.717, 1.165) is 28.2 Å². The smallest absolute Gasteiger partial charge is 0.261 e. The zero-order valence-corrected chi connectivity index (χ0v) is 13.9. The second-order valence-electron chi connectivity index (χ2n) is 4.67. The summed E-state index contributed by atoms with van der Waals surface area (Å²) < 4.78 is 2.62. The molecule has 5 heteroatoms. The summed E-state index contributed by atoms with van der Waals surface area (Å²) >= 11 is 6.91. The Balaban J connectivity index is 2.39. The monoisotopic (exact) mass is 386 g/mol. The molecule has 1 aromatic carbocycles. The Morgan fingerprint density at radius 3 is 2.89 bits per heavy atom. The maximum absolute atomic E-state index is 12.4. The highest BCUT2D eigenvalue weighted by molar-refractivity contribution is 9.10. The van der Waals surface area contributed by atoms with Crippen LogP contribution in [0.4, 0.5) is 0 Å². The van der Waals surface area contributed by atoms with Crippen LogP contribution in [0.5, 0.6) is 0 Å². The quantitative estimate of drug-likeness (QED) is 0.727. The van der Waals surface area contributed by atoms with Crippen molar-refractivity contribution in [1.29, 1.82) is 0 Å². The number of aromatic nitrogens is 2. The highest BCUT2D eigenvalue weighted by Crippen LogP contribution is 2.16. The van der Waals surface area contributed by atoms with Gasteiger partial charge in [0.25, 0.3) is 5.56 Å². The number of hydrogen-bond donors (Lipinski definition) is 0. The Hall–Kier alpha value is -0.680. The fourth-order valence-electron chi connectivity index (χ4n) is 2.16. The molecule has 0 saturated carbocycles. The van der Waals surface area contributed by atoms with Gasteiger partial charge in [0.15, 0.2) is 0 Å². The summed E-state index contributed by atoms with van der Waals surface area (Å²) in [5.74, 6) is 0.467. The number of fused-ring (bicyclic) bond motifs is 1. The number of nitrogens with zero attached hydrogens (tertiary/aromatic N) is 2. The number of alkyl halides is 1. The second kappa shape index (κ2) is 6.66. The first kappa shape index (κ1) is 14.7.